The average Bonchev–Trinajstić information content (AvgIpc) is 3.13. The minimum absolute atomic E-state index is 0.113. The molecule has 3 aromatic rings. The number of hydrogen-bond donors (Lipinski definition) is 1. The lowest BCUT2D eigenvalue weighted by Gasteiger charge is -2.15. The van der Waals surface area contributed by atoms with Gasteiger partial charge in [-0.15, -0.1) is 0 Å². The molecule has 0 aliphatic rings. The first-order valence-electron chi connectivity index (χ1n) is 9.92. The topological polar surface area (TPSA) is 81.8 Å². The molecule has 3 rings (SSSR count). The minimum atomic E-state index is -0.182. The zero-order chi connectivity index (χ0) is 21.8. The van der Waals surface area contributed by atoms with E-state index >= 15 is 0 Å². The fraction of sp³-hybridized carbons (Fsp3) is 0.429. The van der Waals surface area contributed by atoms with Gasteiger partial charge in [0.2, 0.25) is 5.91 Å². The number of nitrogens with zero attached hydrogens (tertiary/aromatic N) is 4. The highest BCUT2D eigenvalue weighted by molar-refractivity contribution is 7.99. The largest absolute Gasteiger partial charge is 0.310 e. The first kappa shape index (κ1) is 22.4. The third kappa shape index (κ3) is 5.23. The predicted octanol–water partition coefficient (Wildman–Crippen LogP) is 4.60. The molecule has 1 aromatic carbocycles. The molecule has 0 bridgehead atoms. The van der Waals surface area contributed by atoms with Gasteiger partial charge in [0.1, 0.15) is 5.82 Å². The summed E-state index contributed by atoms with van der Waals surface area (Å²) in [4.78, 5) is 30.2. The van der Waals surface area contributed by atoms with Gasteiger partial charge in [-0.1, -0.05) is 37.2 Å². The molecule has 0 aliphatic heterocycles. The molecule has 2 aromatic heterocycles. The number of carbonyl (C=O) groups excluding carboxylic acids is 1. The van der Waals surface area contributed by atoms with Gasteiger partial charge in [0.15, 0.2) is 5.16 Å². The van der Waals surface area contributed by atoms with Crippen LogP contribution in [0.2, 0.25) is 5.02 Å². The van der Waals surface area contributed by atoms with Crippen molar-refractivity contribution in [1.82, 2.24) is 19.3 Å². The van der Waals surface area contributed by atoms with Gasteiger partial charge >= 0.3 is 0 Å². The van der Waals surface area contributed by atoms with Crippen molar-refractivity contribution in [2.45, 2.75) is 51.9 Å². The Morgan fingerprint density at radius 2 is 2.00 bits per heavy atom. The maximum Gasteiger partial charge on any atom is 0.262 e. The first-order chi connectivity index (χ1) is 14.3. The van der Waals surface area contributed by atoms with Crippen molar-refractivity contribution < 1.29 is 4.79 Å². The van der Waals surface area contributed by atoms with Crippen LogP contribution in [-0.2, 0) is 11.3 Å². The van der Waals surface area contributed by atoms with Crippen LogP contribution in [0.1, 0.15) is 40.2 Å². The summed E-state index contributed by atoms with van der Waals surface area (Å²) in [5.41, 5.74) is 0.423. The second-order valence-corrected chi connectivity index (χ2v) is 9.17. The Balaban J connectivity index is 1.84. The van der Waals surface area contributed by atoms with Crippen LogP contribution >= 0.6 is 23.4 Å². The molecule has 0 atom stereocenters. The van der Waals surface area contributed by atoms with Crippen molar-refractivity contribution >= 4 is 46.0 Å². The molecular weight excluding hydrogens is 422 g/mol. The van der Waals surface area contributed by atoms with Gasteiger partial charge in [0, 0.05) is 23.7 Å². The molecule has 30 heavy (non-hydrogen) atoms. The summed E-state index contributed by atoms with van der Waals surface area (Å²) in [6.45, 7) is 8.75. The molecule has 1 amide bonds. The van der Waals surface area contributed by atoms with Crippen LogP contribution in [0.5, 0.6) is 0 Å². The van der Waals surface area contributed by atoms with Crippen LogP contribution in [-0.4, -0.2) is 31.0 Å². The number of fused-ring (bicyclic) bond motifs is 1. The van der Waals surface area contributed by atoms with Gasteiger partial charge in [-0.3, -0.25) is 14.2 Å². The molecule has 0 spiro atoms. The Kier molecular flexibility index (Phi) is 7.20. The maximum absolute atomic E-state index is 13.0. The predicted molar refractivity (Wildman–Crippen MR) is 122 cm³/mol. The van der Waals surface area contributed by atoms with Crippen LogP contribution < -0.4 is 10.9 Å². The fourth-order valence-corrected chi connectivity index (χ4v) is 3.99. The number of rotatable bonds is 8. The van der Waals surface area contributed by atoms with Crippen molar-refractivity contribution in [3.63, 3.8) is 0 Å². The smallest absolute Gasteiger partial charge is 0.262 e. The van der Waals surface area contributed by atoms with E-state index in [1.54, 1.807) is 39.7 Å². The quantitative estimate of drug-likeness (QED) is 0.403. The monoisotopic (exact) mass is 447 g/mol. The molecular formula is C21H26ClN5O2S. The van der Waals surface area contributed by atoms with Gasteiger partial charge in [0.05, 0.1) is 22.9 Å². The third-order valence-electron chi connectivity index (χ3n) is 4.57. The van der Waals surface area contributed by atoms with Crippen LogP contribution in [0.25, 0.3) is 10.9 Å². The number of carbonyl (C=O) groups is 1. The first-order valence-corrected chi connectivity index (χ1v) is 11.3. The van der Waals surface area contributed by atoms with E-state index in [1.165, 1.54) is 11.8 Å². The normalized spacial score (nSPS) is 11.6. The second-order valence-electron chi connectivity index (χ2n) is 7.79. The summed E-state index contributed by atoms with van der Waals surface area (Å²) in [5, 5.41) is 8.66. The SMILES string of the molecule is CC(C)CCn1c(SCC(=O)Nc2ccnn2C(C)C)nc2cc(Cl)ccc2c1=O. The fourth-order valence-electron chi connectivity index (χ4n) is 3.00. The standard InChI is InChI=1S/C21H26ClN5O2S/c1-13(2)8-10-26-20(29)16-6-5-15(22)11-17(16)24-21(26)30-12-19(28)25-18-7-9-23-27(18)14(3)4/h5-7,9,11,13-14H,8,10,12H2,1-4H3,(H,25,28). The zero-order valence-electron chi connectivity index (χ0n) is 17.6. The van der Waals surface area contributed by atoms with Crippen molar-refractivity contribution in [3.05, 3.63) is 45.8 Å². The van der Waals surface area contributed by atoms with Crippen molar-refractivity contribution in [2.75, 3.05) is 11.1 Å². The third-order valence-corrected chi connectivity index (χ3v) is 5.78. The summed E-state index contributed by atoms with van der Waals surface area (Å²) in [6.07, 6.45) is 2.50. The number of aromatic nitrogens is 4. The highest BCUT2D eigenvalue weighted by atomic mass is 35.5. The lowest BCUT2D eigenvalue weighted by molar-refractivity contribution is -0.113. The molecule has 0 radical (unpaired) electrons. The Morgan fingerprint density at radius 3 is 2.70 bits per heavy atom. The zero-order valence-corrected chi connectivity index (χ0v) is 19.1. The molecule has 0 unspecified atom stereocenters. The van der Waals surface area contributed by atoms with Crippen molar-refractivity contribution in [1.29, 1.82) is 0 Å². The molecule has 0 aliphatic carbocycles. The summed E-state index contributed by atoms with van der Waals surface area (Å²) in [5.74, 6) is 1.03. The molecule has 0 fully saturated rings. The molecule has 0 saturated heterocycles. The lowest BCUT2D eigenvalue weighted by atomic mass is 10.1. The molecule has 160 valence electrons. The number of nitrogens with one attached hydrogen (secondary N) is 1. The molecule has 9 heteroatoms. The van der Waals surface area contributed by atoms with Gasteiger partial charge in [-0.2, -0.15) is 5.10 Å². The molecule has 2 heterocycles. The molecule has 1 N–H and O–H groups in total. The van der Waals surface area contributed by atoms with Gasteiger partial charge in [0.25, 0.3) is 5.56 Å². The van der Waals surface area contributed by atoms with Gasteiger partial charge in [-0.05, 0) is 44.4 Å². The number of hydrogen-bond acceptors (Lipinski definition) is 5. The van der Waals surface area contributed by atoms with Crippen LogP contribution in [0.15, 0.2) is 40.4 Å². The number of anilines is 1. The number of benzene rings is 1. The van der Waals surface area contributed by atoms with E-state index in [0.717, 1.165) is 6.42 Å². The van der Waals surface area contributed by atoms with Crippen LogP contribution in [0, 0.1) is 5.92 Å². The van der Waals surface area contributed by atoms with E-state index in [4.69, 9.17) is 11.6 Å². The second kappa shape index (κ2) is 9.66. The van der Waals surface area contributed by atoms with E-state index in [-0.39, 0.29) is 23.3 Å². The molecule has 0 saturated carbocycles. The summed E-state index contributed by atoms with van der Waals surface area (Å²) in [6, 6.07) is 6.97. The van der Waals surface area contributed by atoms with Gasteiger partial charge < -0.3 is 5.32 Å². The Hall–Kier alpha value is -2.32. The lowest BCUT2D eigenvalue weighted by Crippen LogP contribution is -2.25. The highest BCUT2D eigenvalue weighted by Crippen LogP contribution is 2.22. The highest BCUT2D eigenvalue weighted by Gasteiger charge is 2.15. The van der Waals surface area contributed by atoms with Crippen molar-refractivity contribution in [2.24, 2.45) is 5.92 Å². The van der Waals surface area contributed by atoms with Crippen LogP contribution in [0.4, 0.5) is 5.82 Å². The van der Waals surface area contributed by atoms with E-state index < -0.39 is 0 Å². The number of amides is 1. The summed E-state index contributed by atoms with van der Waals surface area (Å²) < 4.78 is 3.41. The summed E-state index contributed by atoms with van der Waals surface area (Å²) in [7, 11) is 0. The van der Waals surface area contributed by atoms with E-state index in [2.05, 4.69) is 29.2 Å². The maximum atomic E-state index is 13.0. The minimum Gasteiger partial charge on any atom is -0.310 e. The Labute approximate surface area is 184 Å². The molecule has 7 nitrogen and oxygen atoms in total. The van der Waals surface area contributed by atoms with Crippen LogP contribution in [0.3, 0.4) is 0 Å². The number of halogens is 1. The Bertz CT molecular complexity index is 1110. The van der Waals surface area contributed by atoms with E-state index in [9.17, 15) is 9.59 Å². The van der Waals surface area contributed by atoms with E-state index in [0.29, 0.717) is 39.4 Å². The van der Waals surface area contributed by atoms with E-state index in [1.807, 2.05) is 13.8 Å². The average molecular weight is 448 g/mol. The van der Waals surface area contributed by atoms with Gasteiger partial charge in [-0.25, -0.2) is 9.67 Å². The van der Waals surface area contributed by atoms with Crippen molar-refractivity contribution in [3.8, 4) is 0 Å². The summed E-state index contributed by atoms with van der Waals surface area (Å²) >= 11 is 7.33. The number of thioether (sulfide) groups is 1. The Morgan fingerprint density at radius 1 is 1.23 bits per heavy atom.